The topological polar surface area (TPSA) is 93.2 Å². The maximum atomic E-state index is 12.6. The number of amides is 2. The van der Waals surface area contributed by atoms with Crippen molar-refractivity contribution < 1.29 is 14.3 Å². The molecule has 1 aliphatic heterocycles. The van der Waals surface area contributed by atoms with E-state index < -0.39 is 0 Å². The van der Waals surface area contributed by atoms with Crippen LogP contribution < -0.4 is 10.6 Å². The Morgan fingerprint density at radius 2 is 2.19 bits per heavy atom. The number of nitrogens with one attached hydrogen (secondary N) is 2. The van der Waals surface area contributed by atoms with Crippen LogP contribution in [0, 0.1) is 11.8 Å². The van der Waals surface area contributed by atoms with Crippen LogP contribution in [-0.2, 0) is 9.53 Å². The van der Waals surface area contributed by atoms with Gasteiger partial charge in [0.2, 0.25) is 5.91 Å². The molecule has 0 spiro atoms. The molecule has 1 saturated carbocycles. The highest BCUT2D eigenvalue weighted by atomic mass is 32.1. The number of carbonyl (C=O) groups is 2. The van der Waals surface area contributed by atoms with Gasteiger partial charge in [-0.1, -0.05) is 0 Å². The number of fused-ring (bicyclic) bond motifs is 2. The minimum atomic E-state index is -0.0982. The lowest BCUT2D eigenvalue weighted by molar-refractivity contribution is -0.128. The van der Waals surface area contributed by atoms with Gasteiger partial charge < -0.3 is 15.4 Å². The molecule has 2 N–H and O–H groups in total. The molecule has 2 heterocycles. The van der Waals surface area contributed by atoms with Gasteiger partial charge in [0.1, 0.15) is 11.0 Å². The Kier molecular flexibility index (Phi) is 4.86. The van der Waals surface area contributed by atoms with Gasteiger partial charge in [0, 0.05) is 37.8 Å². The number of hydrogen-bond acceptors (Lipinski definition) is 6. The number of carbonyl (C=O) groups excluding carboxylic acids is 2. The summed E-state index contributed by atoms with van der Waals surface area (Å²) in [4.78, 5) is 24.6. The molecule has 4 atom stereocenters. The van der Waals surface area contributed by atoms with Crippen LogP contribution in [-0.4, -0.2) is 46.4 Å². The van der Waals surface area contributed by atoms with Gasteiger partial charge in [-0.2, -0.15) is 8.75 Å². The van der Waals surface area contributed by atoms with Crippen molar-refractivity contribution in [1.29, 1.82) is 0 Å². The van der Waals surface area contributed by atoms with Crippen molar-refractivity contribution in [2.75, 3.05) is 13.7 Å². The zero-order chi connectivity index (χ0) is 18.1. The molecule has 1 aromatic carbocycles. The van der Waals surface area contributed by atoms with Crippen LogP contribution >= 0.6 is 11.7 Å². The summed E-state index contributed by atoms with van der Waals surface area (Å²) in [6, 6.07) is 5.55. The van der Waals surface area contributed by atoms with Crippen LogP contribution in [0.1, 0.15) is 36.0 Å². The van der Waals surface area contributed by atoms with Gasteiger partial charge in [0.05, 0.1) is 11.7 Å². The first-order valence-corrected chi connectivity index (χ1v) is 9.68. The number of aromatic nitrogens is 2. The third kappa shape index (κ3) is 3.43. The maximum absolute atomic E-state index is 12.6. The summed E-state index contributed by atoms with van der Waals surface area (Å²) in [5.74, 6) is 0.689. The molecule has 2 aromatic rings. The highest BCUT2D eigenvalue weighted by Crippen LogP contribution is 2.35. The summed E-state index contributed by atoms with van der Waals surface area (Å²) in [6.45, 7) is 0.618. The van der Waals surface area contributed by atoms with Crippen LogP contribution in [0.15, 0.2) is 18.2 Å². The number of piperidine rings is 1. The second-order valence-electron chi connectivity index (χ2n) is 7.21. The molecule has 1 aromatic heterocycles. The van der Waals surface area contributed by atoms with E-state index >= 15 is 0 Å². The Morgan fingerprint density at radius 1 is 1.35 bits per heavy atom. The van der Waals surface area contributed by atoms with Gasteiger partial charge in [-0.25, -0.2) is 0 Å². The highest BCUT2D eigenvalue weighted by Gasteiger charge is 2.40. The molecule has 26 heavy (non-hydrogen) atoms. The van der Waals surface area contributed by atoms with Crippen molar-refractivity contribution in [2.24, 2.45) is 11.8 Å². The summed E-state index contributed by atoms with van der Waals surface area (Å²) >= 11 is 1.14. The fraction of sp³-hybridized carbons (Fsp3) is 0.556. The molecule has 138 valence electrons. The van der Waals surface area contributed by atoms with Crippen molar-refractivity contribution in [3.8, 4) is 0 Å². The quantitative estimate of drug-likeness (QED) is 0.850. The lowest BCUT2D eigenvalue weighted by Gasteiger charge is -2.43. The van der Waals surface area contributed by atoms with E-state index in [2.05, 4.69) is 19.4 Å². The first kappa shape index (κ1) is 17.4. The summed E-state index contributed by atoms with van der Waals surface area (Å²) in [5, 5.41) is 6.23. The molecule has 2 amide bonds. The molecule has 0 bridgehead atoms. The van der Waals surface area contributed by atoms with Crippen LogP contribution in [0.4, 0.5) is 0 Å². The van der Waals surface area contributed by atoms with Crippen molar-refractivity contribution in [1.82, 2.24) is 19.4 Å². The normalized spacial score (nSPS) is 28.4. The monoisotopic (exact) mass is 374 g/mol. The Balaban J connectivity index is 1.41. The fourth-order valence-electron chi connectivity index (χ4n) is 4.30. The summed E-state index contributed by atoms with van der Waals surface area (Å²) in [7, 11) is 1.68. The van der Waals surface area contributed by atoms with Gasteiger partial charge in [-0.3, -0.25) is 9.59 Å². The number of ether oxygens (including phenoxy) is 1. The predicted molar refractivity (Wildman–Crippen MR) is 97.9 cm³/mol. The smallest absolute Gasteiger partial charge is 0.251 e. The van der Waals surface area contributed by atoms with Crippen molar-refractivity contribution >= 4 is 34.6 Å². The number of hydrogen-bond donors (Lipinski definition) is 2. The zero-order valence-corrected chi connectivity index (χ0v) is 15.4. The van der Waals surface area contributed by atoms with Crippen molar-refractivity contribution in [3.05, 3.63) is 23.8 Å². The van der Waals surface area contributed by atoms with E-state index in [-0.39, 0.29) is 29.8 Å². The van der Waals surface area contributed by atoms with Crippen LogP contribution in [0.3, 0.4) is 0 Å². The average molecular weight is 374 g/mol. The van der Waals surface area contributed by atoms with Crippen LogP contribution in [0.2, 0.25) is 0 Å². The molecule has 4 unspecified atom stereocenters. The van der Waals surface area contributed by atoms with E-state index in [1.54, 1.807) is 19.2 Å². The Bertz CT molecular complexity index is 824. The summed E-state index contributed by atoms with van der Waals surface area (Å²) < 4.78 is 13.6. The molecule has 8 heteroatoms. The first-order valence-electron chi connectivity index (χ1n) is 8.95. The fourth-order valence-corrected chi connectivity index (χ4v) is 4.82. The molecule has 7 nitrogen and oxygen atoms in total. The number of benzene rings is 1. The Labute approximate surface area is 155 Å². The predicted octanol–water partition coefficient (Wildman–Crippen LogP) is 1.74. The summed E-state index contributed by atoms with van der Waals surface area (Å²) in [5.41, 5.74) is 2.15. The molecule has 1 aliphatic carbocycles. The zero-order valence-electron chi connectivity index (χ0n) is 14.6. The first-order chi connectivity index (χ1) is 12.6. The largest absolute Gasteiger partial charge is 0.384 e. The SMILES string of the molecule is COCC1CC(=O)NC2CC(NC(=O)c3ccc4nsnc4c3)CCC12. The lowest BCUT2D eigenvalue weighted by Crippen LogP contribution is -2.56. The van der Waals surface area contributed by atoms with Gasteiger partial charge in [-0.05, 0) is 49.3 Å². The van der Waals surface area contributed by atoms with Crippen molar-refractivity contribution in [3.63, 3.8) is 0 Å². The van der Waals surface area contributed by atoms with Gasteiger partial charge in [0.25, 0.3) is 5.91 Å². The molecular formula is C18H22N4O3S. The van der Waals surface area contributed by atoms with E-state index in [1.165, 1.54) is 0 Å². The van der Waals surface area contributed by atoms with Gasteiger partial charge in [-0.15, -0.1) is 0 Å². The van der Waals surface area contributed by atoms with Crippen LogP contribution in [0.5, 0.6) is 0 Å². The molecule has 2 fully saturated rings. The molecule has 0 radical (unpaired) electrons. The third-order valence-corrected chi connectivity index (χ3v) is 6.09. The number of nitrogens with zero attached hydrogens (tertiary/aromatic N) is 2. The Morgan fingerprint density at radius 3 is 3.04 bits per heavy atom. The second-order valence-corrected chi connectivity index (χ2v) is 7.74. The molecular weight excluding hydrogens is 352 g/mol. The molecule has 1 saturated heterocycles. The third-order valence-electron chi connectivity index (χ3n) is 5.54. The van der Waals surface area contributed by atoms with E-state index in [0.717, 1.165) is 42.0 Å². The van der Waals surface area contributed by atoms with E-state index in [0.29, 0.717) is 24.5 Å². The maximum Gasteiger partial charge on any atom is 0.251 e. The van der Waals surface area contributed by atoms with E-state index in [4.69, 9.17) is 4.74 Å². The lowest BCUT2D eigenvalue weighted by atomic mass is 9.71. The minimum absolute atomic E-state index is 0.0644. The van der Waals surface area contributed by atoms with E-state index in [9.17, 15) is 9.59 Å². The standard InChI is InChI=1S/C18H22N4O3S/c1-25-9-11-7-17(23)20-15-8-12(3-4-13(11)15)19-18(24)10-2-5-14-16(6-10)22-26-21-14/h2,5-6,11-13,15H,3-4,7-9H2,1H3,(H,19,24)(H,20,23). The number of rotatable bonds is 4. The second kappa shape index (κ2) is 7.28. The summed E-state index contributed by atoms with van der Waals surface area (Å²) in [6.07, 6.45) is 3.21. The minimum Gasteiger partial charge on any atom is -0.384 e. The molecule has 2 aliphatic rings. The van der Waals surface area contributed by atoms with Gasteiger partial charge in [0.15, 0.2) is 0 Å². The Hall–Kier alpha value is -2.06. The molecule has 4 rings (SSSR count). The average Bonchev–Trinajstić information content (AvgIpc) is 3.09. The van der Waals surface area contributed by atoms with Crippen LogP contribution in [0.25, 0.3) is 11.0 Å². The van der Waals surface area contributed by atoms with Gasteiger partial charge >= 0.3 is 0 Å². The van der Waals surface area contributed by atoms with Crippen molar-refractivity contribution in [2.45, 2.75) is 37.8 Å². The highest BCUT2D eigenvalue weighted by molar-refractivity contribution is 7.00. The van der Waals surface area contributed by atoms with E-state index in [1.807, 2.05) is 6.07 Å². The number of methoxy groups -OCH3 is 1.